The van der Waals surface area contributed by atoms with Gasteiger partial charge in [0.15, 0.2) is 11.6 Å². The summed E-state index contributed by atoms with van der Waals surface area (Å²) in [7, 11) is 1.64. The molecular weight excluding hydrogens is 252 g/mol. The van der Waals surface area contributed by atoms with Crippen LogP contribution in [0, 0.1) is 11.6 Å². The monoisotopic (exact) mass is 271 g/mol. The molecule has 0 atom stereocenters. The molecule has 0 unspecified atom stereocenters. The van der Waals surface area contributed by atoms with Crippen molar-refractivity contribution in [2.75, 3.05) is 20.2 Å². The van der Waals surface area contributed by atoms with Crippen LogP contribution in [0.25, 0.3) is 0 Å². The van der Waals surface area contributed by atoms with Crippen molar-refractivity contribution >= 4 is 5.91 Å². The van der Waals surface area contributed by atoms with Crippen LogP contribution in [0.2, 0.25) is 0 Å². The first-order valence-corrected chi connectivity index (χ1v) is 6.34. The van der Waals surface area contributed by atoms with E-state index in [1.165, 1.54) is 17.0 Å². The Hall–Kier alpha value is -1.49. The van der Waals surface area contributed by atoms with Gasteiger partial charge < -0.3 is 10.0 Å². The van der Waals surface area contributed by atoms with E-state index >= 15 is 0 Å². The highest BCUT2D eigenvalue weighted by Gasteiger charge is 2.14. The number of hydrogen-bond donors (Lipinski definition) is 1. The van der Waals surface area contributed by atoms with Gasteiger partial charge in [0.05, 0.1) is 6.42 Å². The molecule has 3 nitrogen and oxygen atoms in total. The van der Waals surface area contributed by atoms with Gasteiger partial charge >= 0.3 is 0 Å². The Kier molecular flexibility index (Phi) is 6.42. The zero-order chi connectivity index (χ0) is 14.3. The normalized spacial score (nSPS) is 10.5. The summed E-state index contributed by atoms with van der Waals surface area (Å²) in [4.78, 5) is 13.3. The Labute approximate surface area is 111 Å². The summed E-state index contributed by atoms with van der Waals surface area (Å²) in [6.07, 6.45) is 2.19. The highest BCUT2D eigenvalue weighted by atomic mass is 19.2. The van der Waals surface area contributed by atoms with Gasteiger partial charge in [0.1, 0.15) is 0 Å². The van der Waals surface area contributed by atoms with Gasteiger partial charge in [-0.3, -0.25) is 4.79 Å². The quantitative estimate of drug-likeness (QED) is 0.772. The number of carbonyl (C=O) groups excluding carboxylic acids is 1. The Morgan fingerprint density at radius 2 is 2.00 bits per heavy atom. The summed E-state index contributed by atoms with van der Waals surface area (Å²) >= 11 is 0. The molecule has 1 amide bonds. The number of aliphatic hydroxyl groups is 1. The van der Waals surface area contributed by atoms with Crippen LogP contribution in [0.5, 0.6) is 0 Å². The van der Waals surface area contributed by atoms with Crippen molar-refractivity contribution < 1.29 is 18.7 Å². The van der Waals surface area contributed by atoms with Crippen LogP contribution in [0.15, 0.2) is 18.2 Å². The van der Waals surface area contributed by atoms with Gasteiger partial charge in [-0.05, 0) is 25.3 Å². The van der Waals surface area contributed by atoms with Crippen molar-refractivity contribution in [3.05, 3.63) is 35.4 Å². The standard InChI is InChI=1S/C14H19F2NO2/c1-17(8-3-2-4-9-18)13(19)10-11-6-5-7-12(15)14(11)16/h5-7,18H,2-4,8-10H2,1H3. The first-order valence-electron chi connectivity index (χ1n) is 6.34. The van der Waals surface area contributed by atoms with Gasteiger partial charge in [-0.25, -0.2) is 8.78 Å². The van der Waals surface area contributed by atoms with Gasteiger partial charge in [-0.15, -0.1) is 0 Å². The molecule has 0 radical (unpaired) electrons. The molecule has 0 aliphatic carbocycles. The molecule has 0 aliphatic rings. The largest absolute Gasteiger partial charge is 0.396 e. The van der Waals surface area contributed by atoms with E-state index in [9.17, 15) is 13.6 Å². The zero-order valence-electron chi connectivity index (χ0n) is 11.0. The van der Waals surface area contributed by atoms with Crippen LogP contribution in [0.3, 0.4) is 0 Å². The minimum atomic E-state index is -0.954. The minimum absolute atomic E-state index is 0.0761. The van der Waals surface area contributed by atoms with Crippen molar-refractivity contribution in [3.63, 3.8) is 0 Å². The molecule has 1 N–H and O–H groups in total. The second kappa shape index (κ2) is 7.84. The first-order chi connectivity index (χ1) is 9.06. The molecule has 5 heteroatoms. The molecule has 19 heavy (non-hydrogen) atoms. The van der Waals surface area contributed by atoms with Crippen molar-refractivity contribution in [1.29, 1.82) is 0 Å². The molecule has 1 aromatic carbocycles. The summed E-state index contributed by atoms with van der Waals surface area (Å²) in [6.45, 7) is 0.696. The zero-order valence-corrected chi connectivity index (χ0v) is 11.0. The van der Waals surface area contributed by atoms with Crippen LogP contribution in [-0.4, -0.2) is 36.1 Å². The number of likely N-dealkylation sites (N-methyl/N-ethyl adjacent to an activating group) is 1. The molecule has 1 aromatic rings. The Morgan fingerprint density at radius 1 is 1.26 bits per heavy atom. The summed E-state index contributed by atoms with van der Waals surface area (Å²) in [5, 5.41) is 8.63. The van der Waals surface area contributed by atoms with Crippen LogP contribution in [-0.2, 0) is 11.2 Å². The lowest BCUT2D eigenvalue weighted by Gasteiger charge is -2.17. The van der Waals surface area contributed by atoms with E-state index in [0.29, 0.717) is 13.0 Å². The fraction of sp³-hybridized carbons (Fsp3) is 0.500. The van der Waals surface area contributed by atoms with Gasteiger partial charge in [0.2, 0.25) is 5.91 Å². The van der Waals surface area contributed by atoms with Gasteiger partial charge in [0, 0.05) is 25.8 Å². The van der Waals surface area contributed by atoms with Gasteiger partial charge in [-0.1, -0.05) is 12.1 Å². The average Bonchev–Trinajstić information content (AvgIpc) is 2.39. The Morgan fingerprint density at radius 3 is 2.68 bits per heavy atom. The summed E-state index contributed by atoms with van der Waals surface area (Å²) in [5.41, 5.74) is 0.0761. The lowest BCUT2D eigenvalue weighted by atomic mass is 10.1. The third-order valence-corrected chi connectivity index (χ3v) is 2.95. The lowest BCUT2D eigenvalue weighted by Crippen LogP contribution is -2.29. The maximum atomic E-state index is 13.4. The molecule has 0 spiro atoms. The number of carbonyl (C=O) groups is 1. The van der Waals surface area contributed by atoms with Crippen LogP contribution < -0.4 is 0 Å². The maximum Gasteiger partial charge on any atom is 0.226 e. The third-order valence-electron chi connectivity index (χ3n) is 2.95. The fourth-order valence-corrected chi connectivity index (χ4v) is 1.75. The smallest absolute Gasteiger partial charge is 0.226 e. The van der Waals surface area contributed by atoms with Crippen LogP contribution in [0.1, 0.15) is 24.8 Å². The summed E-state index contributed by atoms with van der Waals surface area (Å²) in [5.74, 6) is -2.13. The van der Waals surface area contributed by atoms with E-state index in [-0.39, 0.29) is 24.5 Å². The van der Waals surface area contributed by atoms with Crippen molar-refractivity contribution in [2.45, 2.75) is 25.7 Å². The Bertz CT molecular complexity index is 424. The second-order valence-corrected chi connectivity index (χ2v) is 4.49. The first kappa shape index (κ1) is 15.6. The predicted molar refractivity (Wildman–Crippen MR) is 68.6 cm³/mol. The highest BCUT2D eigenvalue weighted by Crippen LogP contribution is 2.12. The minimum Gasteiger partial charge on any atom is -0.396 e. The van der Waals surface area contributed by atoms with Crippen LogP contribution in [0.4, 0.5) is 8.78 Å². The molecule has 0 aromatic heterocycles. The number of amides is 1. The van der Waals surface area contributed by atoms with E-state index in [4.69, 9.17) is 5.11 Å². The second-order valence-electron chi connectivity index (χ2n) is 4.49. The van der Waals surface area contributed by atoms with E-state index < -0.39 is 11.6 Å². The molecule has 0 saturated carbocycles. The molecule has 106 valence electrons. The third kappa shape index (κ3) is 4.95. The molecule has 1 rings (SSSR count). The van der Waals surface area contributed by atoms with Crippen molar-refractivity contribution in [3.8, 4) is 0 Å². The molecule has 0 fully saturated rings. The summed E-state index contributed by atoms with van der Waals surface area (Å²) < 4.78 is 26.4. The highest BCUT2D eigenvalue weighted by molar-refractivity contribution is 5.78. The Balaban J connectivity index is 2.47. The lowest BCUT2D eigenvalue weighted by molar-refractivity contribution is -0.129. The van der Waals surface area contributed by atoms with Crippen LogP contribution >= 0.6 is 0 Å². The molecule has 0 aliphatic heterocycles. The van der Waals surface area contributed by atoms with E-state index in [1.807, 2.05) is 0 Å². The van der Waals surface area contributed by atoms with Gasteiger partial charge in [0.25, 0.3) is 0 Å². The predicted octanol–water partition coefficient (Wildman–Crippen LogP) is 2.13. The molecule has 0 bridgehead atoms. The maximum absolute atomic E-state index is 13.4. The van der Waals surface area contributed by atoms with Gasteiger partial charge in [-0.2, -0.15) is 0 Å². The fourth-order valence-electron chi connectivity index (χ4n) is 1.75. The van der Waals surface area contributed by atoms with E-state index in [0.717, 1.165) is 18.9 Å². The number of aliphatic hydroxyl groups excluding tert-OH is 1. The summed E-state index contributed by atoms with van der Waals surface area (Å²) in [6, 6.07) is 3.83. The SMILES string of the molecule is CN(CCCCCO)C(=O)Cc1cccc(F)c1F. The van der Waals surface area contributed by atoms with Crippen molar-refractivity contribution in [1.82, 2.24) is 4.90 Å². The average molecular weight is 271 g/mol. The molecule has 0 heterocycles. The van der Waals surface area contributed by atoms with E-state index in [2.05, 4.69) is 0 Å². The number of unbranched alkanes of at least 4 members (excludes halogenated alkanes) is 2. The number of hydrogen-bond acceptors (Lipinski definition) is 2. The number of benzene rings is 1. The van der Waals surface area contributed by atoms with E-state index in [1.54, 1.807) is 7.05 Å². The van der Waals surface area contributed by atoms with Crippen molar-refractivity contribution in [2.24, 2.45) is 0 Å². The number of halogens is 2. The molecular formula is C14H19F2NO2. The molecule has 0 saturated heterocycles. The number of rotatable bonds is 7. The topological polar surface area (TPSA) is 40.5 Å². The number of nitrogens with zero attached hydrogens (tertiary/aromatic N) is 1.